The van der Waals surface area contributed by atoms with Crippen LogP contribution in [0.25, 0.3) is 49.7 Å². The normalized spacial score (nSPS) is 12.7. The molecule has 0 N–H and O–H groups in total. The van der Waals surface area contributed by atoms with Gasteiger partial charge in [-0.3, -0.25) is 0 Å². The molecule has 232 valence electrons. The van der Waals surface area contributed by atoms with Crippen molar-refractivity contribution in [1.82, 2.24) is 4.57 Å². The fraction of sp³-hybridized carbons (Fsp3) is 0.106. The van der Waals surface area contributed by atoms with Crippen LogP contribution in [0.2, 0.25) is 0 Å². The van der Waals surface area contributed by atoms with Gasteiger partial charge < -0.3 is 4.57 Å². The Kier molecular flexibility index (Phi) is 7.54. The maximum Gasteiger partial charge on any atom is 0.0541 e. The summed E-state index contributed by atoms with van der Waals surface area (Å²) in [5, 5.41) is 2.59. The average molecular weight is 618 g/mol. The second-order valence-corrected chi connectivity index (χ2v) is 13.5. The van der Waals surface area contributed by atoms with E-state index in [1.807, 2.05) is 0 Å². The molecule has 0 aliphatic heterocycles. The Bertz CT molecular complexity index is 2380. The van der Waals surface area contributed by atoms with Crippen LogP contribution in [0.15, 0.2) is 170 Å². The van der Waals surface area contributed by atoms with Crippen molar-refractivity contribution in [3.8, 4) is 27.9 Å². The standard InChI is InChI=1S/C25H19N.C22H20/c1-18-11-13-19(14-12-18)20-15-16-25-23(17-20)22-9-5-6-10-24(22)26(25)21-7-3-2-4-8-21;1-22(2)20-11-7-6-10-18(20)19-13-12-17(15-21(19)22)14-16-8-4-3-5-9-16/h2-17H,1H3;3-13,15H,14H2,1-2H3. The van der Waals surface area contributed by atoms with Crippen LogP contribution in [0, 0.1) is 6.92 Å². The van der Waals surface area contributed by atoms with Gasteiger partial charge in [-0.2, -0.15) is 0 Å². The predicted molar refractivity (Wildman–Crippen MR) is 204 cm³/mol. The average Bonchev–Trinajstić information content (AvgIpc) is 3.58. The molecule has 1 heterocycles. The fourth-order valence-corrected chi connectivity index (χ4v) is 7.45. The number of hydrogen-bond donors (Lipinski definition) is 0. The molecule has 9 rings (SSSR count). The Labute approximate surface area is 283 Å². The highest BCUT2D eigenvalue weighted by Crippen LogP contribution is 2.48. The predicted octanol–water partition coefficient (Wildman–Crippen LogP) is 12.3. The summed E-state index contributed by atoms with van der Waals surface area (Å²) in [6.07, 6.45) is 1.00. The van der Waals surface area contributed by atoms with Crippen LogP contribution in [0.4, 0.5) is 0 Å². The zero-order chi connectivity index (χ0) is 32.7. The fourth-order valence-electron chi connectivity index (χ4n) is 7.45. The lowest BCUT2D eigenvalue weighted by Gasteiger charge is -2.22. The first-order valence-corrected chi connectivity index (χ1v) is 16.9. The zero-order valence-electron chi connectivity index (χ0n) is 27.8. The Morgan fingerprint density at radius 1 is 0.458 bits per heavy atom. The van der Waals surface area contributed by atoms with Crippen molar-refractivity contribution >= 4 is 21.8 Å². The molecule has 1 aliphatic carbocycles. The highest BCUT2D eigenvalue weighted by atomic mass is 15.0. The van der Waals surface area contributed by atoms with Gasteiger partial charge in [-0.25, -0.2) is 0 Å². The molecule has 1 heteroatoms. The minimum Gasteiger partial charge on any atom is -0.309 e. The first-order valence-electron chi connectivity index (χ1n) is 16.9. The molecule has 0 saturated heterocycles. The third kappa shape index (κ3) is 5.32. The van der Waals surface area contributed by atoms with Crippen LogP contribution in [0.3, 0.4) is 0 Å². The summed E-state index contributed by atoms with van der Waals surface area (Å²) in [4.78, 5) is 0. The summed E-state index contributed by atoms with van der Waals surface area (Å²) in [7, 11) is 0. The van der Waals surface area contributed by atoms with Crippen molar-refractivity contribution in [3.63, 3.8) is 0 Å². The van der Waals surface area contributed by atoms with E-state index < -0.39 is 0 Å². The van der Waals surface area contributed by atoms with Gasteiger partial charge in [-0.15, -0.1) is 0 Å². The number of aryl methyl sites for hydroxylation is 1. The Balaban J connectivity index is 0.000000142. The zero-order valence-corrected chi connectivity index (χ0v) is 27.8. The summed E-state index contributed by atoms with van der Waals surface area (Å²) in [6, 6.07) is 61.3. The molecule has 0 atom stereocenters. The van der Waals surface area contributed by atoms with Crippen LogP contribution in [0.5, 0.6) is 0 Å². The SMILES string of the molecule is CC1(C)c2ccccc2-c2ccc(Cc3ccccc3)cc21.Cc1ccc(-c2ccc3c(c2)c2ccccc2n3-c2ccccc2)cc1. The van der Waals surface area contributed by atoms with E-state index in [4.69, 9.17) is 0 Å². The molecule has 0 bridgehead atoms. The molecule has 8 aromatic rings. The molecule has 0 spiro atoms. The van der Waals surface area contributed by atoms with Gasteiger partial charge in [0.15, 0.2) is 0 Å². The maximum absolute atomic E-state index is 2.41. The molecule has 48 heavy (non-hydrogen) atoms. The number of rotatable bonds is 4. The van der Waals surface area contributed by atoms with Gasteiger partial charge in [-0.05, 0) is 88.2 Å². The maximum atomic E-state index is 2.41. The summed E-state index contributed by atoms with van der Waals surface area (Å²) in [6.45, 7) is 6.80. The molecule has 1 aromatic heterocycles. The highest BCUT2D eigenvalue weighted by molar-refractivity contribution is 6.10. The third-order valence-corrected chi connectivity index (χ3v) is 9.97. The molecule has 0 radical (unpaired) electrons. The number of hydrogen-bond acceptors (Lipinski definition) is 0. The molecule has 0 saturated carbocycles. The van der Waals surface area contributed by atoms with E-state index >= 15 is 0 Å². The van der Waals surface area contributed by atoms with Crippen LogP contribution < -0.4 is 0 Å². The van der Waals surface area contributed by atoms with Crippen LogP contribution >= 0.6 is 0 Å². The first kappa shape index (κ1) is 29.7. The summed E-state index contributed by atoms with van der Waals surface area (Å²) < 4.78 is 2.35. The van der Waals surface area contributed by atoms with Crippen LogP contribution in [0.1, 0.15) is 41.7 Å². The van der Waals surface area contributed by atoms with Crippen molar-refractivity contribution < 1.29 is 0 Å². The molecule has 7 aromatic carbocycles. The lowest BCUT2D eigenvalue weighted by molar-refractivity contribution is 0.659. The first-order chi connectivity index (χ1) is 23.5. The van der Waals surface area contributed by atoms with Gasteiger partial charge in [0.25, 0.3) is 0 Å². The molecule has 0 unspecified atom stereocenters. The Morgan fingerprint density at radius 2 is 1.08 bits per heavy atom. The highest BCUT2D eigenvalue weighted by Gasteiger charge is 2.35. The summed E-state index contributed by atoms with van der Waals surface area (Å²) in [5.74, 6) is 0. The molecule has 1 aliphatic rings. The van der Waals surface area contributed by atoms with Crippen LogP contribution in [-0.2, 0) is 11.8 Å². The van der Waals surface area contributed by atoms with E-state index in [0.717, 1.165) is 6.42 Å². The van der Waals surface area contributed by atoms with Crippen molar-refractivity contribution in [2.45, 2.75) is 32.6 Å². The van der Waals surface area contributed by atoms with E-state index in [1.54, 1.807) is 0 Å². The van der Waals surface area contributed by atoms with Crippen molar-refractivity contribution in [3.05, 3.63) is 198 Å². The quantitative estimate of drug-likeness (QED) is 0.185. The van der Waals surface area contributed by atoms with E-state index in [9.17, 15) is 0 Å². The molecule has 1 nitrogen and oxygen atoms in total. The minimum absolute atomic E-state index is 0.0959. The minimum atomic E-state index is 0.0959. The van der Waals surface area contributed by atoms with Gasteiger partial charge in [0, 0.05) is 21.9 Å². The van der Waals surface area contributed by atoms with E-state index in [1.165, 1.54) is 77.6 Å². The summed E-state index contributed by atoms with van der Waals surface area (Å²) >= 11 is 0. The second-order valence-electron chi connectivity index (χ2n) is 13.5. The second kappa shape index (κ2) is 12.2. The Hall–Kier alpha value is -5.66. The van der Waals surface area contributed by atoms with Crippen molar-refractivity contribution in [2.24, 2.45) is 0 Å². The number of para-hydroxylation sites is 2. The summed E-state index contributed by atoms with van der Waals surface area (Å²) in [5.41, 5.74) is 16.1. The van der Waals surface area contributed by atoms with Crippen molar-refractivity contribution in [2.75, 3.05) is 0 Å². The van der Waals surface area contributed by atoms with Gasteiger partial charge in [0.2, 0.25) is 0 Å². The third-order valence-electron chi connectivity index (χ3n) is 9.97. The van der Waals surface area contributed by atoms with E-state index in [2.05, 4.69) is 195 Å². The lowest BCUT2D eigenvalue weighted by Crippen LogP contribution is -2.15. The molecule has 0 fully saturated rings. The van der Waals surface area contributed by atoms with Gasteiger partial charge >= 0.3 is 0 Å². The number of aromatic nitrogens is 1. The van der Waals surface area contributed by atoms with Gasteiger partial charge in [0.05, 0.1) is 11.0 Å². The Morgan fingerprint density at radius 3 is 1.88 bits per heavy atom. The monoisotopic (exact) mass is 617 g/mol. The molecular formula is C47H39N. The number of nitrogens with zero attached hydrogens (tertiary/aromatic N) is 1. The largest absolute Gasteiger partial charge is 0.309 e. The van der Waals surface area contributed by atoms with Gasteiger partial charge in [-0.1, -0.05) is 159 Å². The molecule has 0 amide bonds. The number of fused-ring (bicyclic) bond motifs is 6. The van der Waals surface area contributed by atoms with Gasteiger partial charge in [0.1, 0.15) is 0 Å². The van der Waals surface area contributed by atoms with Crippen LogP contribution in [-0.4, -0.2) is 4.57 Å². The van der Waals surface area contributed by atoms with Crippen molar-refractivity contribution in [1.29, 1.82) is 0 Å². The smallest absolute Gasteiger partial charge is 0.0541 e. The van der Waals surface area contributed by atoms with E-state index in [-0.39, 0.29) is 5.41 Å². The lowest BCUT2D eigenvalue weighted by atomic mass is 9.81. The topological polar surface area (TPSA) is 4.93 Å². The van der Waals surface area contributed by atoms with E-state index in [0.29, 0.717) is 0 Å². The number of benzene rings is 7. The molecular weight excluding hydrogens is 579 g/mol.